The van der Waals surface area contributed by atoms with Gasteiger partial charge in [0.1, 0.15) is 0 Å². The molecule has 1 amide bonds. The van der Waals surface area contributed by atoms with E-state index in [1.807, 2.05) is 0 Å². The molecule has 0 unspecified atom stereocenters. The van der Waals surface area contributed by atoms with E-state index < -0.39 is 9.84 Å². The van der Waals surface area contributed by atoms with Crippen LogP contribution in [0.15, 0.2) is 23.1 Å². The summed E-state index contributed by atoms with van der Waals surface area (Å²) in [4.78, 5) is 15.9. The van der Waals surface area contributed by atoms with Crippen LogP contribution in [0.2, 0.25) is 0 Å². The molecule has 0 atom stereocenters. The molecule has 1 N–H and O–H groups in total. The maximum Gasteiger partial charge on any atom is 0.226 e. The van der Waals surface area contributed by atoms with Gasteiger partial charge >= 0.3 is 0 Å². The number of thiazole rings is 1. The van der Waals surface area contributed by atoms with Crippen LogP contribution in [0.4, 0.5) is 5.13 Å². The summed E-state index contributed by atoms with van der Waals surface area (Å²) in [6.07, 6.45) is 1.53. The van der Waals surface area contributed by atoms with Crippen LogP contribution in [0.25, 0.3) is 10.2 Å². The highest BCUT2D eigenvalue weighted by atomic mass is 79.9. The number of halogens is 1. The quantitative estimate of drug-likeness (QED) is 0.847. The van der Waals surface area contributed by atoms with Crippen molar-refractivity contribution in [1.82, 2.24) is 4.98 Å². The van der Waals surface area contributed by atoms with Crippen molar-refractivity contribution in [2.24, 2.45) is 0 Å². The van der Waals surface area contributed by atoms with E-state index in [9.17, 15) is 13.2 Å². The van der Waals surface area contributed by atoms with Crippen LogP contribution in [0, 0.1) is 0 Å². The summed E-state index contributed by atoms with van der Waals surface area (Å²) in [6.45, 7) is 0. The molecule has 1 heterocycles. The van der Waals surface area contributed by atoms with E-state index in [-0.39, 0.29) is 10.8 Å². The van der Waals surface area contributed by atoms with Crippen molar-refractivity contribution in [3.63, 3.8) is 0 Å². The third kappa shape index (κ3) is 3.52. The van der Waals surface area contributed by atoms with Crippen LogP contribution in [-0.4, -0.2) is 30.9 Å². The molecule has 2 rings (SSSR count). The van der Waals surface area contributed by atoms with Crippen LogP contribution in [0.3, 0.4) is 0 Å². The Hall–Kier alpha value is -0.990. The summed E-state index contributed by atoms with van der Waals surface area (Å²) in [5, 5.41) is 3.74. The zero-order chi connectivity index (χ0) is 14.0. The maximum atomic E-state index is 11.5. The van der Waals surface area contributed by atoms with Crippen molar-refractivity contribution in [2.75, 3.05) is 16.9 Å². The molecule has 2 aromatic rings. The Labute approximate surface area is 123 Å². The SMILES string of the molecule is CS(=O)(=O)c1ccc2nc(NC(=O)CCBr)sc2c1. The van der Waals surface area contributed by atoms with Crippen molar-refractivity contribution < 1.29 is 13.2 Å². The van der Waals surface area contributed by atoms with Crippen LogP contribution >= 0.6 is 27.3 Å². The first kappa shape index (κ1) is 14.4. The summed E-state index contributed by atoms with van der Waals surface area (Å²) >= 11 is 4.44. The number of alkyl halides is 1. The van der Waals surface area contributed by atoms with Crippen molar-refractivity contribution in [1.29, 1.82) is 0 Å². The first-order valence-electron chi connectivity index (χ1n) is 5.36. The molecule has 0 saturated carbocycles. The number of nitrogens with one attached hydrogen (secondary N) is 1. The molecule has 5 nitrogen and oxygen atoms in total. The molecular weight excluding hydrogens is 352 g/mol. The highest BCUT2D eigenvalue weighted by molar-refractivity contribution is 9.09. The van der Waals surface area contributed by atoms with E-state index in [0.29, 0.717) is 22.4 Å². The van der Waals surface area contributed by atoms with Gasteiger partial charge in [-0.1, -0.05) is 27.3 Å². The number of carbonyl (C=O) groups is 1. The third-order valence-electron chi connectivity index (χ3n) is 2.36. The summed E-state index contributed by atoms with van der Waals surface area (Å²) in [7, 11) is -3.23. The number of sulfone groups is 1. The molecule has 102 valence electrons. The third-order valence-corrected chi connectivity index (χ3v) is 4.80. The Bertz CT molecular complexity index is 725. The molecule has 0 aliphatic carbocycles. The topological polar surface area (TPSA) is 76.1 Å². The number of hydrogen-bond donors (Lipinski definition) is 1. The number of anilines is 1. The predicted octanol–water partition coefficient (Wildman–Crippen LogP) is 2.42. The second kappa shape index (κ2) is 5.56. The van der Waals surface area contributed by atoms with Gasteiger partial charge in [-0.05, 0) is 18.2 Å². The van der Waals surface area contributed by atoms with Crippen molar-refractivity contribution >= 4 is 58.4 Å². The molecule has 1 aromatic heterocycles. The highest BCUT2D eigenvalue weighted by Gasteiger charge is 2.11. The van der Waals surface area contributed by atoms with Crippen molar-refractivity contribution in [3.05, 3.63) is 18.2 Å². The molecule has 0 spiro atoms. The molecule has 0 bridgehead atoms. The number of amides is 1. The molecule has 8 heteroatoms. The minimum atomic E-state index is -3.23. The molecular formula is C11H11BrN2O3S2. The smallest absolute Gasteiger partial charge is 0.226 e. The number of aromatic nitrogens is 1. The monoisotopic (exact) mass is 362 g/mol. The van der Waals surface area contributed by atoms with Gasteiger partial charge in [-0.25, -0.2) is 13.4 Å². The molecule has 1 aromatic carbocycles. The van der Waals surface area contributed by atoms with Crippen LogP contribution in [-0.2, 0) is 14.6 Å². The second-order valence-corrected chi connectivity index (χ2v) is 7.75. The average molecular weight is 363 g/mol. The van der Waals surface area contributed by atoms with E-state index in [4.69, 9.17) is 0 Å². The summed E-state index contributed by atoms with van der Waals surface area (Å²) in [5.74, 6) is -0.126. The first-order valence-corrected chi connectivity index (χ1v) is 9.19. The minimum Gasteiger partial charge on any atom is -0.302 e. The zero-order valence-corrected chi connectivity index (χ0v) is 13.2. The standard InChI is InChI=1S/C11H11BrN2O3S2/c1-19(16,17)7-2-3-8-9(6-7)18-11(13-8)14-10(15)4-5-12/h2-3,6H,4-5H2,1H3,(H,13,14,15). The number of carbonyl (C=O) groups excluding carboxylic acids is 1. The molecule has 19 heavy (non-hydrogen) atoms. The van der Waals surface area contributed by atoms with E-state index in [1.165, 1.54) is 17.4 Å². The molecule has 0 fully saturated rings. The lowest BCUT2D eigenvalue weighted by molar-refractivity contribution is -0.115. The lowest BCUT2D eigenvalue weighted by atomic mass is 10.3. The summed E-state index contributed by atoms with van der Waals surface area (Å²) in [6, 6.07) is 4.73. The number of fused-ring (bicyclic) bond motifs is 1. The number of rotatable bonds is 4. The minimum absolute atomic E-state index is 0.126. The lowest BCUT2D eigenvalue weighted by Gasteiger charge is -1.96. The van der Waals surface area contributed by atoms with Gasteiger partial charge in [0.05, 0.1) is 15.1 Å². The maximum absolute atomic E-state index is 11.5. The predicted molar refractivity (Wildman–Crippen MR) is 79.8 cm³/mol. The normalized spacial score (nSPS) is 11.7. The second-order valence-electron chi connectivity index (χ2n) is 3.91. The lowest BCUT2D eigenvalue weighted by Crippen LogP contribution is -2.11. The van der Waals surface area contributed by atoms with E-state index in [1.54, 1.807) is 12.1 Å². The van der Waals surface area contributed by atoms with E-state index in [2.05, 4.69) is 26.2 Å². The van der Waals surface area contributed by atoms with Gasteiger partial charge in [0, 0.05) is 18.0 Å². The molecule has 0 saturated heterocycles. The number of benzene rings is 1. The summed E-state index contributed by atoms with van der Waals surface area (Å²) < 4.78 is 23.6. The van der Waals surface area contributed by atoms with Crippen LogP contribution < -0.4 is 5.32 Å². The Balaban J connectivity index is 2.33. The molecule has 0 aliphatic rings. The largest absolute Gasteiger partial charge is 0.302 e. The van der Waals surface area contributed by atoms with Crippen molar-refractivity contribution in [2.45, 2.75) is 11.3 Å². The first-order chi connectivity index (χ1) is 8.90. The van der Waals surface area contributed by atoms with Gasteiger partial charge in [0.15, 0.2) is 15.0 Å². The number of nitrogens with zero attached hydrogens (tertiary/aromatic N) is 1. The fourth-order valence-electron chi connectivity index (χ4n) is 1.46. The van der Waals surface area contributed by atoms with Gasteiger partial charge in [-0.15, -0.1) is 0 Å². The van der Waals surface area contributed by atoms with E-state index in [0.717, 1.165) is 11.0 Å². The fourth-order valence-corrected chi connectivity index (χ4v) is 3.46. The van der Waals surface area contributed by atoms with Crippen LogP contribution in [0.1, 0.15) is 6.42 Å². The van der Waals surface area contributed by atoms with Gasteiger partial charge in [0.2, 0.25) is 5.91 Å². The van der Waals surface area contributed by atoms with Crippen LogP contribution in [0.5, 0.6) is 0 Å². The average Bonchev–Trinajstić information content (AvgIpc) is 2.68. The van der Waals surface area contributed by atoms with Gasteiger partial charge in [-0.3, -0.25) is 4.79 Å². The fraction of sp³-hybridized carbons (Fsp3) is 0.273. The zero-order valence-electron chi connectivity index (χ0n) is 10.0. The van der Waals surface area contributed by atoms with Gasteiger partial charge < -0.3 is 5.32 Å². The Morgan fingerprint density at radius 2 is 2.21 bits per heavy atom. The Kier molecular flexibility index (Phi) is 4.22. The molecule has 0 radical (unpaired) electrons. The highest BCUT2D eigenvalue weighted by Crippen LogP contribution is 2.28. The Morgan fingerprint density at radius 1 is 1.47 bits per heavy atom. The van der Waals surface area contributed by atoms with Gasteiger partial charge in [0.25, 0.3) is 0 Å². The molecule has 0 aliphatic heterocycles. The van der Waals surface area contributed by atoms with Crippen molar-refractivity contribution in [3.8, 4) is 0 Å². The Morgan fingerprint density at radius 3 is 2.84 bits per heavy atom. The van der Waals surface area contributed by atoms with E-state index >= 15 is 0 Å². The summed E-state index contributed by atoms with van der Waals surface area (Å²) in [5.41, 5.74) is 0.673. The van der Waals surface area contributed by atoms with Gasteiger partial charge in [-0.2, -0.15) is 0 Å². The number of hydrogen-bond acceptors (Lipinski definition) is 5.